The van der Waals surface area contributed by atoms with Gasteiger partial charge < -0.3 is 9.97 Å². The summed E-state index contributed by atoms with van der Waals surface area (Å²) in [5.74, 6) is -0.630. The topological polar surface area (TPSA) is 25.8 Å². The molecule has 0 aliphatic rings. The Morgan fingerprint density at radius 2 is 1.39 bits per heavy atom. The first-order valence-electron chi connectivity index (χ1n) is 14.7. The van der Waals surface area contributed by atoms with E-state index < -0.39 is 12.3 Å². The van der Waals surface area contributed by atoms with Crippen molar-refractivity contribution in [1.82, 2.24) is 9.97 Å². The van der Waals surface area contributed by atoms with Crippen LogP contribution < -0.4 is 0 Å². The molecule has 41 heavy (non-hydrogen) atoms. The van der Waals surface area contributed by atoms with E-state index in [0.717, 1.165) is 33.6 Å². The fourth-order valence-electron chi connectivity index (χ4n) is 4.19. The first-order valence-corrected chi connectivity index (χ1v) is 13.2. The Hall–Kier alpha value is -4.17. The summed E-state index contributed by atoms with van der Waals surface area (Å²) in [4.78, 5) is 8.72. The molecule has 0 saturated carbocycles. The summed E-state index contributed by atoms with van der Waals surface area (Å²) in [6, 6.07) is 46.8. The predicted octanol–water partition coefficient (Wildman–Crippen LogP) is 9.48. The minimum atomic E-state index is -1.53. The Morgan fingerprint density at radius 3 is 2.07 bits per heavy atom. The molecule has 0 unspecified atom stereocenters. The zero-order chi connectivity index (χ0) is 30.3. The minimum Gasteiger partial charge on any atom is -0.305 e. The Kier molecular flexibility index (Phi) is 9.43. The van der Waals surface area contributed by atoms with Gasteiger partial charge in [-0.1, -0.05) is 104 Å². The number of pyridine rings is 2. The normalized spacial score (nSPS) is 12.0. The first-order chi connectivity index (χ1) is 20.7. The van der Waals surface area contributed by atoms with Crippen molar-refractivity contribution in [2.75, 3.05) is 0 Å². The molecule has 0 aliphatic heterocycles. The van der Waals surface area contributed by atoms with E-state index in [2.05, 4.69) is 46.4 Å². The van der Waals surface area contributed by atoms with Crippen molar-refractivity contribution in [2.24, 2.45) is 0 Å². The van der Waals surface area contributed by atoms with Crippen LogP contribution in [0.4, 0.5) is 0 Å². The van der Waals surface area contributed by atoms with Crippen LogP contribution >= 0.6 is 0 Å². The van der Waals surface area contributed by atoms with Crippen molar-refractivity contribution in [1.29, 1.82) is 0 Å². The number of nitrogens with zero attached hydrogens (tertiary/aromatic N) is 2. The number of benzene rings is 4. The van der Waals surface area contributed by atoms with Crippen molar-refractivity contribution in [2.45, 2.75) is 26.1 Å². The first kappa shape index (κ1) is 25.8. The third-order valence-corrected chi connectivity index (χ3v) is 6.34. The summed E-state index contributed by atoms with van der Waals surface area (Å²) in [5.41, 5.74) is 8.02. The molecule has 6 aromatic rings. The van der Waals surface area contributed by atoms with E-state index in [9.17, 15) is 0 Å². The van der Waals surface area contributed by atoms with E-state index >= 15 is 0 Å². The van der Waals surface area contributed by atoms with Crippen LogP contribution in [0.2, 0.25) is 0 Å². The van der Waals surface area contributed by atoms with Gasteiger partial charge in [-0.3, -0.25) is 0 Å². The Morgan fingerprint density at radius 1 is 0.659 bits per heavy atom. The Bertz CT molecular complexity index is 1750. The Labute approximate surface area is 261 Å². The molecule has 2 heterocycles. The van der Waals surface area contributed by atoms with Crippen molar-refractivity contribution < 1.29 is 24.2 Å². The predicted molar refractivity (Wildman–Crippen MR) is 166 cm³/mol. The summed E-state index contributed by atoms with van der Waals surface area (Å²) in [6.07, 6.45) is 1.98. The monoisotopic (exact) mass is 712 g/mol. The molecule has 0 aliphatic carbocycles. The molecule has 0 spiro atoms. The van der Waals surface area contributed by atoms with Crippen LogP contribution in [-0.4, -0.2) is 9.97 Å². The van der Waals surface area contributed by atoms with Crippen LogP contribution in [-0.2, 0) is 26.5 Å². The quantitative estimate of drug-likeness (QED) is 0.161. The van der Waals surface area contributed by atoms with E-state index in [1.54, 1.807) is 36.7 Å². The number of aromatic nitrogens is 2. The van der Waals surface area contributed by atoms with Gasteiger partial charge in [0.1, 0.15) is 0 Å². The van der Waals surface area contributed by atoms with Crippen molar-refractivity contribution >= 4 is 0 Å². The molecule has 2 nitrogen and oxygen atoms in total. The average Bonchev–Trinajstić information content (AvgIpc) is 3.06. The standard InChI is InChI=1S/C20H18N.C18H14N.Ir/c1-15(2)17-11-12-21-20(14-17)19-10-6-9-18(13-19)16-7-4-3-5-8-16;1-2-6-15(7-3-1)14-16-9-11-17(12-10-16)18-8-4-5-13-19-18;/h3-9,11-15H,1-2H3;1-11,13H,14H2;/q2*-1;/i15D;14D2;. The third kappa shape index (κ3) is 8.41. The van der Waals surface area contributed by atoms with E-state index in [0.29, 0.717) is 11.1 Å². The van der Waals surface area contributed by atoms with Crippen LogP contribution in [0.1, 0.15) is 40.5 Å². The summed E-state index contributed by atoms with van der Waals surface area (Å²) in [7, 11) is 0. The second kappa shape index (κ2) is 15.0. The van der Waals surface area contributed by atoms with E-state index in [1.807, 2.05) is 92.7 Å². The second-order valence-electron chi connectivity index (χ2n) is 9.48. The smallest absolute Gasteiger partial charge is 0.0346 e. The molecule has 1 radical (unpaired) electrons. The maximum atomic E-state index is 8.31. The molecule has 2 aromatic heterocycles. The third-order valence-electron chi connectivity index (χ3n) is 6.34. The molecule has 0 N–H and O–H groups in total. The molecule has 0 amide bonds. The number of rotatable bonds is 6. The van der Waals surface area contributed by atoms with Crippen molar-refractivity contribution in [3.05, 3.63) is 169 Å². The molecule has 6 rings (SSSR count). The summed E-state index contributed by atoms with van der Waals surface area (Å²) >= 11 is 0. The molecule has 0 bridgehead atoms. The Balaban J connectivity index is 0.000000197. The van der Waals surface area contributed by atoms with Crippen molar-refractivity contribution in [3.63, 3.8) is 0 Å². The zero-order valence-corrected chi connectivity index (χ0v) is 25.4. The fourth-order valence-corrected chi connectivity index (χ4v) is 4.19. The molecule has 3 heteroatoms. The second-order valence-corrected chi connectivity index (χ2v) is 9.48. The maximum absolute atomic E-state index is 8.31. The van der Waals surface area contributed by atoms with Gasteiger partial charge in [0, 0.05) is 36.6 Å². The summed E-state index contributed by atoms with van der Waals surface area (Å²) < 4.78 is 24.8. The van der Waals surface area contributed by atoms with Gasteiger partial charge in [0.2, 0.25) is 0 Å². The fraction of sp³-hybridized carbons (Fsp3) is 0.105. The van der Waals surface area contributed by atoms with Gasteiger partial charge in [0.05, 0.1) is 0 Å². The minimum absolute atomic E-state index is 0. The number of hydrogen-bond acceptors (Lipinski definition) is 2. The summed E-state index contributed by atoms with van der Waals surface area (Å²) in [5, 5.41) is 0. The SMILES string of the molecule is [2H]C(C)(C)c1ccnc(-c2[c-]ccc(-c3ccccc3)c2)c1.[2H]C([2H])(c1c[c-]c(-c2ccccn2)cc1)c1ccccc1.[Ir]. The summed E-state index contributed by atoms with van der Waals surface area (Å²) in [6.45, 7) is 3.77. The molecule has 0 atom stereocenters. The average molecular weight is 712 g/mol. The van der Waals surface area contributed by atoms with Crippen LogP contribution in [0.5, 0.6) is 0 Å². The van der Waals surface area contributed by atoms with Gasteiger partial charge in [-0.05, 0) is 41.4 Å². The van der Waals surface area contributed by atoms with Crippen LogP contribution in [0.3, 0.4) is 0 Å². The van der Waals surface area contributed by atoms with Gasteiger partial charge >= 0.3 is 0 Å². The van der Waals surface area contributed by atoms with Crippen molar-refractivity contribution in [3.8, 4) is 33.6 Å². The van der Waals surface area contributed by atoms with Crippen LogP contribution in [0.25, 0.3) is 33.6 Å². The van der Waals surface area contributed by atoms with Gasteiger partial charge in [0.25, 0.3) is 0 Å². The van der Waals surface area contributed by atoms with Gasteiger partial charge in [-0.25, -0.2) is 0 Å². The molecular weight excluding hydrogens is 677 g/mol. The molecule has 0 saturated heterocycles. The maximum Gasteiger partial charge on any atom is 0.0346 e. The molecular formula is C38H32IrN2-2. The molecule has 4 aromatic carbocycles. The van der Waals surface area contributed by atoms with Crippen LogP contribution in [0, 0.1) is 12.1 Å². The van der Waals surface area contributed by atoms with E-state index in [-0.39, 0.29) is 20.1 Å². The van der Waals surface area contributed by atoms with Gasteiger partial charge in [-0.2, -0.15) is 0 Å². The van der Waals surface area contributed by atoms with Gasteiger partial charge in [-0.15, -0.1) is 70.8 Å². The zero-order valence-electron chi connectivity index (χ0n) is 26.0. The van der Waals surface area contributed by atoms with Crippen LogP contribution in [0.15, 0.2) is 140 Å². The van der Waals surface area contributed by atoms with E-state index in [4.69, 9.17) is 4.11 Å². The van der Waals surface area contributed by atoms with E-state index in [1.165, 1.54) is 5.56 Å². The largest absolute Gasteiger partial charge is 0.305 e. The molecule has 0 fully saturated rings. The van der Waals surface area contributed by atoms with Gasteiger partial charge in [0.15, 0.2) is 0 Å². The molecule has 205 valence electrons. The number of hydrogen-bond donors (Lipinski definition) is 0.